The molecule has 0 unspecified atom stereocenters. The Kier molecular flexibility index (Phi) is 8.49. The zero-order chi connectivity index (χ0) is 15.6. The van der Waals surface area contributed by atoms with Crippen molar-refractivity contribution in [3.05, 3.63) is 0 Å². The summed E-state index contributed by atoms with van der Waals surface area (Å²) in [6, 6.07) is 0. The Morgan fingerprint density at radius 3 is 2.33 bits per heavy atom. The molecule has 0 atom stereocenters. The third-order valence-electron chi connectivity index (χ3n) is 3.57. The van der Waals surface area contributed by atoms with Crippen LogP contribution in [-0.4, -0.2) is 56.8 Å². The van der Waals surface area contributed by atoms with Crippen molar-refractivity contribution in [3.8, 4) is 0 Å². The van der Waals surface area contributed by atoms with Gasteiger partial charge in [-0.1, -0.05) is 6.42 Å². The van der Waals surface area contributed by atoms with Gasteiger partial charge in [0.15, 0.2) is 5.96 Å². The fourth-order valence-electron chi connectivity index (χ4n) is 2.39. The zero-order valence-electron chi connectivity index (χ0n) is 12.8. The highest BCUT2D eigenvalue weighted by molar-refractivity contribution is 5.79. The largest absolute Gasteiger partial charge is 0.389 e. The second-order valence-electron chi connectivity index (χ2n) is 5.40. The first-order chi connectivity index (χ1) is 10.0. The lowest BCUT2D eigenvalue weighted by Crippen LogP contribution is -2.42. The van der Waals surface area contributed by atoms with Crippen LogP contribution in [0.2, 0.25) is 0 Å². The molecule has 0 radical (unpaired) electrons. The number of halogens is 3. The molecule has 0 aliphatic carbocycles. The molecule has 1 fully saturated rings. The van der Waals surface area contributed by atoms with Crippen molar-refractivity contribution in [1.82, 2.24) is 15.5 Å². The molecule has 1 aliphatic rings. The highest BCUT2D eigenvalue weighted by Gasteiger charge is 2.25. The van der Waals surface area contributed by atoms with Crippen LogP contribution in [0.25, 0.3) is 0 Å². The van der Waals surface area contributed by atoms with E-state index in [-0.39, 0.29) is 6.42 Å². The van der Waals surface area contributed by atoms with Gasteiger partial charge in [-0.05, 0) is 38.8 Å². The monoisotopic (exact) mass is 308 g/mol. The molecule has 0 amide bonds. The zero-order valence-corrected chi connectivity index (χ0v) is 12.8. The number of aliphatic imine (C=N–C) groups is 1. The van der Waals surface area contributed by atoms with E-state index in [4.69, 9.17) is 0 Å². The van der Waals surface area contributed by atoms with Crippen molar-refractivity contribution in [2.24, 2.45) is 4.99 Å². The Hall–Kier alpha value is -0.980. The summed E-state index contributed by atoms with van der Waals surface area (Å²) >= 11 is 0. The molecule has 124 valence electrons. The smallest absolute Gasteiger partial charge is 0.356 e. The summed E-state index contributed by atoms with van der Waals surface area (Å²) in [6.07, 6.45) is -0.249. The van der Waals surface area contributed by atoms with Crippen LogP contribution in [0.3, 0.4) is 0 Å². The maximum atomic E-state index is 12.0. The number of guanidine groups is 1. The van der Waals surface area contributed by atoms with Crippen LogP contribution in [-0.2, 0) is 0 Å². The van der Waals surface area contributed by atoms with Crippen molar-refractivity contribution >= 4 is 5.96 Å². The number of hydrogen-bond donors (Lipinski definition) is 2. The van der Waals surface area contributed by atoms with Crippen LogP contribution in [0.5, 0.6) is 0 Å². The van der Waals surface area contributed by atoms with Crippen molar-refractivity contribution < 1.29 is 13.2 Å². The van der Waals surface area contributed by atoms with Gasteiger partial charge < -0.3 is 15.5 Å². The maximum absolute atomic E-state index is 12.0. The van der Waals surface area contributed by atoms with E-state index in [0.717, 1.165) is 26.2 Å². The van der Waals surface area contributed by atoms with Gasteiger partial charge >= 0.3 is 6.18 Å². The summed E-state index contributed by atoms with van der Waals surface area (Å²) in [5, 5.41) is 6.25. The molecule has 1 saturated heterocycles. The van der Waals surface area contributed by atoms with Crippen LogP contribution >= 0.6 is 0 Å². The number of nitrogens with one attached hydrogen (secondary N) is 2. The molecule has 4 nitrogen and oxygen atoms in total. The summed E-state index contributed by atoms with van der Waals surface area (Å²) in [5.41, 5.74) is 0. The molecule has 0 bridgehead atoms. The summed E-state index contributed by atoms with van der Waals surface area (Å²) in [6.45, 7) is 4.62. The predicted molar refractivity (Wildman–Crippen MR) is 79.6 cm³/mol. The average Bonchev–Trinajstić information content (AvgIpc) is 2.45. The summed E-state index contributed by atoms with van der Waals surface area (Å²) in [4.78, 5) is 6.49. The molecule has 2 N–H and O–H groups in total. The molecule has 0 aromatic carbocycles. The second kappa shape index (κ2) is 9.87. The normalized spacial score (nSPS) is 17.8. The Balaban J connectivity index is 2.03. The minimum atomic E-state index is -4.05. The van der Waals surface area contributed by atoms with Gasteiger partial charge in [-0.25, -0.2) is 0 Å². The number of alkyl halides is 3. The molecular weight excluding hydrogens is 281 g/mol. The Morgan fingerprint density at radius 2 is 1.71 bits per heavy atom. The lowest BCUT2D eigenvalue weighted by Gasteiger charge is -2.26. The van der Waals surface area contributed by atoms with Crippen LogP contribution in [0.4, 0.5) is 13.2 Å². The van der Waals surface area contributed by atoms with Crippen molar-refractivity contribution in [2.45, 2.75) is 44.7 Å². The van der Waals surface area contributed by atoms with E-state index >= 15 is 0 Å². The quantitative estimate of drug-likeness (QED) is 0.431. The standard InChI is InChI=1S/C14H27F3N4/c1-18-13(19-8-4-3-7-14(15,16)17)20-9-12-21-10-5-2-6-11-21/h2-12H2,1H3,(H2,18,19,20). The highest BCUT2D eigenvalue weighted by atomic mass is 19.4. The van der Waals surface area contributed by atoms with E-state index in [0.29, 0.717) is 18.9 Å². The number of rotatable bonds is 7. The van der Waals surface area contributed by atoms with Gasteiger partial charge in [0.25, 0.3) is 0 Å². The third-order valence-corrected chi connectivity index (χ3v) is 3.57. The summed E-state index contributed by atoms with van der Waals surface area (Å²) in [5.74, 6) is 0.666. The Morgan fingerprint density at radius 1 is 1.05 bits per heavy atom. The van der Waals surface area contributed by atoms with Gasteiger partial charge in [-0.2, -0.15) is 13.2 Å². The predicted octanol–water partition coefficient (Wildman–Crippen LogP) is 2.37. The molecule has 21 heavy (non-hydrogen) atoms. The lowest BCUT2D eigenvalue weighted by atomic mass is 10.1. The number of nitrogens with zero attached hydrogens (tertiary/aromatic N) is 2. The van der Waals surface area contributed by atoms with Crippen LogP contribution in [0.15, 0.2) is 4.99 Å². The third kappa shape index (κ3) is 9.55. The first-order valence-corrected chi connectivity index (χ1v) is 7.75. The van der Waals surface area contributed by atoms with Gasteiger partial charge in [-0.3, -0.25) is 4.99 Å². The van der Waals surface area contributed by atoms with E-state index in [1.54, 1.807) is 7.05 Å². The Labute approximate surface area is 125 Å². The molecule has 1 aliphatic heterocycles. The molecule has 0 aromatic heterocycles. The SMILES string of the molecule is CN=C(NCCCCC(F)(F)F)NCCN1CCCCC1. The minimum Gasteiger partial charge on any atom is -0.356 e. The molecule has 0 saturated carbocycles. The fraction of sp³-hybridized carbons (Fsp3) is 0.929. The number of unbranched alkanes of at least 4 members (excludes halogenated alkanes) is 1. The summed E-state index contributed by atoms with van der Waals surface area (Å²) < 4.78 is 36.0. The van der Waals surface area contributed by atoms with E-state index in [1.807, 2.05) is 0 Å². The minimum absolute atomic E-state index is 0.154. The number of likely N-dealkylation sites (tertiary alicyclic amines) is 1. The first kappa shape index (κ1) is 18.1. The molecular formula is C14H27F3N4. The first-order valence-electron chi connectivity index (χ1n) is 7.75. The van der Waals surface area contributed by atoms with Crippen molar-refractivity contribution in [1.29, 1.82) is 0 Å². The average molecular weight is 308 g/mol. The van der Waals surface area contributed by atoms with E-state index < -0.39 is 12.6 Å². The molecule has 0 spiro atoms. The van der Waals surface area contributed by atoms with Crippen LogP contribution in [0, 0.1) is 0 Å². The van der Waals surface area contributed by atoms with E-state index in [1.165, 1.54) is 19.3 Å². The molecule has 0 aromatic rings. The number of hydrogen-bond acceptors (Lipinski definition) is 2. The van der Waals surface area contributed by atoms with Gasteiger partial charge in [0, 0.05) is 33.1 Å². The lowest BCUT2D eigenvalue weighted by molar-refractivity contribution is -0.135. The van der Waals surface area contributed by atoms with Gasteiger partial charge in [0.1, 0.15) is 0 Å². The maximum Gasteiger partial charge on any atom is 0.389 e. The van der Waals surface area contributed by atoms with Gasteiger partial charge in [0.05, 0.1) is 0 Å². The van der Waals surface area contributed by atoms with E-state index in [2.05, 4.69) is 20.5 Å². The van der Waals surface area contributed by atoms with Crippen LogP contribution in [0.1, 0.15) is 38.5 Å². The molecule has 1 heterocycles. The van der Waals surface area contributed by atoms with Crippen molar-refractivity contribution in [3.63, 3.8) is 0 Å². The number of piperidine rings is 1. The Bertz CT molecular complexity index is 299. The van der Waals surface area contributed by atoms with Crippen molar-refractivity contribution in [2.75, 3.05) is 39.8 Å². The fourth-order valence-corrected chi connectivity index (χ4v) is 2.39. The molecule has 7 heteroatoms. The van der Waals surface area contributed by atoms with Gasteiger partial charge in [0.2, 0.25) is 0 Å². The van der Waals surface area contributed by atoms with E-state index in [9.17, 15) is 13.2 Å². The highest BCUT2D eigenvalue weighted by Crippen LogP contribution is 2.21. The topological polar surface area (TPSA) is 39.7 Å². The summed E-state index contributed by atoms with van der Waals surface area (Å²) in [7, 11) is 1.67. The van der Waals surface area contributed by atoms with Gasteiger partial charge in [-0.15, -0.1) is 0 Å². The second-order valence-corrected chi connectivity index (χ2v) is 5.40. The van der Waals surface area contributed by atoms with Crippen LogP contribution < -0.4 is 10.6 Å². The molecule has 1 rings (SSSR count).